The van der Waals surface area contributed by atoms with Crippen molar-refractivity contribution in [3.63, 3.8) is 0 Å². The van der Waals surface area contributed by atoms with E-state index in [1.165, 1.54) is 6.26 Å². The van der Waals surface area contributed by atoms with Crippen LogP contribution in [0.15, 0.2) is 35.8 Å². The van der Waals surface area contributed by atoms with Gasteiger partial charge >= 0.3 is 0 Å². The Hall–Kier alpha value is -1.18. The zero-order valence-electron chi connectivity index (χ0n) is 4.74. The van der Waals surface area contributed by atoms with E-state index >= 15 is 0 Å². The van der Waals surface area contributed by atoms with Gasteiger partial charge in [-0.15, -0.1) is 0 Å². The smallest absolute Gasteiger partial charge is 0.145 e. The Morgan fingerprint density at radius 3 is 2.78 bits per heavy atom. The molecule has 2 heteroatoms. The van der Waals surface area contributed by atoms with Gasteiger partial charge in [0.25, 0.3) is 0 Å². The maximum absolute atomic E-state index is 9.06. The largest absolute Gasteiger partial charge is 0.507 e. The quantitative estimate of drug-likeness (QED) is 0.524. The van der Waals surface area contributed by atoms with Crippen molar-refractivity contribution < 1.29 is 9.84 Å². The molecule has 0 fully saturated rings. The van der Waals surface area contributed by atoms with Crippen LogP contribution < -0.4 is 0 Å². The molecule has 2 aliphatic rings. The van der Waals surface area contributed by atoms with Crippen molar-refractivity contribution in [2.75, 3.05) is 0 Å². The minimum absolute atomic E-state index is 0.0231. The summed E-state index contributed by atoms with van der Waals surface area (Å²) in [4.78, 5) is 0. The molecule has 0 spiro atoms. The number of ether oxygens (including phenoxy) is 1. The van der Waals surface area contributed by atoms with Crippen LogP contribution in [0, 0.1) is 0 Å². The summed E-state index contributed by atoms with van der Waals surface area (Å²) in [6, 6.07) is 0. The molecule has 0 saturated carbocycles. The number of allylic oxidation sites excluding steroid dienone is 1. The molecule has 0 aromatic carbocycles. The fourth-order valence-electron chi connectivity index (χ4n) is 0.905. The lowest BCUT2D eigenvalue weighted by Crippen LogP contribution is -2.20. The Morgan fingerprint density at radius 1 is 1.44 bits per heavy atom. The molecule has 0 amide bonds. The first-order valence-corrected chi connectivity index (χ1v) is 2.81. The third-order valence-corrected chi connectivity index (χ3v) is 1.50. The molecule has 0 saturated heterocycles. The van der Waals surface area contributed by atoms with Crippen LogP contribution >= 0.6 is 0 Å². The van der Waals surface area contributed by atoms with Gasteiger partial charge in [-0.25, -0.2) is 0 Å². The first kappa shape index (κ1) is 4.68. The summed E-state index contributed by atoms with van der Waals surface area (Å²) in [6.45, 7) is 0. The SMILES string of the molecule is OC1=C2C=CC2OC=C1. The molecule has 2 rings (SSSR count). The number of hydrogen-bond donors (Lipinski definition) is 1. The number of hydrogen-bond acceptors (Lipinski definition) is 2. The van der Waals surface area contributed by atoms with E-state index in [4.69, 9.17) is 9.84 Å². The van der Waals surface area contributed by atoms with Crippen molar-refractivity contribution in [1.82, 2.24) is 0 Å². The van der Waals surface area contributed by atoms with Crippen LogP contribution in [0.5, 0.6) is 0 Å². The highest BCUT2D eigenvalue weighted by Crippen LogP contribution is 2.26. The molecule has 0 bridgehead atoms. The van der Waals surface area contributed by atoms with E-state index in [-0.39, 0.29) is 6.10 Å². The van der Waals surface area contributed by atoms with Gasteiger partial charge in [-0.2, -0.15) is 0 Å². The van der Waals surface area contributed by atoms with Crippen LogP contribution in [0.25, 0.3) is 0 Å². The summed E-state index contributed by atoms with van der Waals surface area (Å²) in [6.07, 6.45) is 6.83. The first-order chi connectivity index (χ1) is 4.38. The zero-order valence-corrected chi connectivity index (χ0v) is 4.74. The monoisotopic (exact) mass is 122 g/mol. The van der Waals surface area contributed by atoms with E-state index in [0.29, 0.717) is 5.76 Å². The fraction of sp³-hybridized carbons (Fsp3) is 0.143. The third kappa shape index (κ3) is 0.499. The van der Waals surface area contributed by atoms with Gasteiger partial charge in [0.1, 0.15) is 11.9 Å². The van der Waals surface area contributed by atoms with E-state index in [1.807, 2.05) is 12.2 Å². The molecule has 1 atom stereocenters. The molecule has 0 aromatic rings. The fourth-order valence-corrected chi connectivity index (χ4v) is 0.905. The van der Waals surface area contributed by atoms with Crippen molar-refractivity contribution in [3.8, 4) is 0 Å². The van der Waals surface area contributed by atoms with Gasteiger partial charge < -0.3 is 9.84 Å². The molecular formula is C7H6O2. The van der Waals surface area contributed by atoms with Gasteiger partial charge in [0.15, 0.2) is 0 Å². The number of aliphatic hydroxyl groups excluding tert-OH is 1. The molecule has 1 heterocycles. The zero-order chi connectivity index (χ0) is 6.27. The molecule has 1 aliphatic carbocycles. The summed E-state index contributed by atoms with van der Waals surface area (Å²) in [5.74, 6) is 0.328. The second-order valence-corrected chi connectivity index (χ2v) is 2.06. The molecule has 1 aliphatic heterocycles. The predicted octanol–water partition coefficient (Wildman–Crippen LogP) is 1.28. The van der Waals surface area contributed by atoms with E-state index < -0.39 is 0 Å². The Kier molecular flexibility index (Phi) is 0.730. The lowest BCUT2D eigenvalue weighted by atomic mass is 9.96. The molecule has 2 nitrogen and oxygen atoms in total. The minimum Gasteiger partial charge on any atom is -0.507 e. The van der Waals surface area contributed by atoms with Crippen LogP contribution in [-0.4, -0.2) is 11.2 Å². The van der Waals surface area contributed by atoms with Gasteiger partial charge in [0.05, 0.1) is 6.26 Å². The van der Waals surface area contributed by atoms with E-state index in [0.717, 1.165) is 5.57 Å². The summed E-state index contributed by atoms with van der Waals surface area (Å²) < 4.78 is 5.06. The average molecular weight is 122 g/mol. The van der Waals surface area contributed by atoms with Crippen molar-refractivity contribution in [1.29, 1.82) is 0 Å². The van der Waals surface area contributed by atoms with Gasteiger partial charge in [-0.05, 0) is 6.08 Å². The Morgan fingerprint density at radius 2 is 2.33 bits per heavy atom. The molecule has 46 valence electrons. The number of aliphatic hydroxyl groups is 1. The summed E-state index contributed by atoms with van der Waals surface area (Å²) in [5, 5.41) is 9.06. The van der Waals surface area contributed by atoms with Crippen LogP contribution in [0.2, 0.25) is 0 Å². The standard InChI is InChI=1S/C7H6O2/c8-6-3-4-9-7-2-1-5(6)7/h1-4,7-8H. The van der Waals surface area contributed by atoms with Crippen LogP contribution in [0.3, 0.4) is 0 Å². The van der Waals surface area contributed by atoms with Crippen molar-refractivity contribution in [2.45, 2.75) is 6.10 Å². The van der Waals surface area contributed by atoms with Crippen molar-refractivity contribution >= 4 is 0 Å². The Labute approximate surface area is 52.8 Å². The van der Waals surface area contributed by atoms with Gasteiger partial charge in [0.2, 0.25) is 0 Å². The minimum atomic E-state index is 0.0231. The lowest BCUT2D eigenvalue weighted by Gasteiger charge is -2.24. The van der Waals surface area contributed by atoms with Gasteiger partial charge in [-0.3, -0.25) is 0 Å². The van der Waals surface area contributed by atoms with Crippen LogP contribution in [0.4, 0.5) is 0 Å². The van der Waals surface area contributed by atoms with Gasteiger partial charge in [-0.1, -0.05) is 6.08 Å². The molecule has 1 N–H and O–H groups in total. The van der Waals surface area contributed by atoms with E-state index in [9.17, 15) is 0 Å². The summed E-state index contributed by atoms with van der Waals surface area (Å²) >= 11 is 0. The molecule has 0 radical (unpaired) electrons. The number of fused-ring (bicyclic) bond motifs is 1. The van der Waals surface area contributed by atoms with Crippen LogP contribution in [0.1, 0.15) is 0 Å². The lowest BCUT2D eigenvalue weighted by molar-refractivity contribution is 0.194. The second-order valence-electron chi connectivity index (χ2n) is 2.06. The third-order valence-electron chi connectivity index (χ3n) is 1.50. The van der Waals surface area contributed by atoms with Crippen molar-refractivity contribution in [2.24, 2.45) is 0 Å². The molecule has 1 unspecified atom stereocenters. The van der Waals surface area contributed by atoms with Crippen LogP contribution in [-0.2, 0) is 4.74 Å². The summed E-state index contributed by atoms with van der Waals surface area (Å²) in [5.41, 5.74) is 0.887. The second kappa shape index (κ2) is 1.41. The highest BCUT2D eigenvalue weighted by molar-refractivity contribution is 5.44. The highest BCUT2D eigenvalue weighted by atomic mass is 16.5. The van der Waals surface area contributed by atoms with Gasteiger partial charge in [0, 0.05) is 11.6 Å². The normalized spacial score (nSPS) is 29.1. The number of rotatable bonds is 0. The van der Waals surface area contributed by atoms with E-state index in [2.05, 4.69) is 0 Å². The molecular weight excluding hydrogens is 116 g/mol. The molecule has 0 aromatic heterocycles. The van der Waals surface area contributed by atoms with E-state index in [1.54, 1.807) is 6.08 Å². The Balaban J connectivity index is 2.43. The highest BCUT2D eigenvalue weighted by Gasteiger charge is 2.22. The topological polar surface area (TPSA) is 29.5 Å². The average Bonchev–Trinajstić information content (AvgIpc) is 1.74. The first-order valence-electron chi connectivity index (χ1n) is 2.81. The predicted molar refractivity (Wildman–Crippen MR) is 32.8 cm³/mol. The molecule has 9 heavy (non-hydrogen) atoms. The maximum atomic E-state index is 9.06. The summed E-state index contributed by atoms with van der Waals surface area (Å²) in [7, 11) is 0. The Bertz CT molecular complexity index is 223. The van der Waals surface area contributed by atoms with Crippen molar-refractivity contribution in [3.05, 3.63) is 35.8 Å². The maximum Gasteiger partial charge on any atom is 0.145 e.